The van der Waals surface area contributed by atoms with E-state index in [1.54, 1.807) is 18.7 Å². The minimum atomic E-state index is -1.17. The lowest BCUT2D eigenvalue weighted by atomic mass is 9.35. The number of nitrogens with zero attached hydrogens (tertiary/aromatic N) is 5. The van der Waals surface area contributed by atoms with E-state index in [4.69, 9.17) is 30.0 Å². The molecule has 54 heavy (non-hydrogen) atoms. The minimum absolute atomic E-state index is 0.151. The molecule has 2 bridgehead atoms. The number of fused-ring (bicyclic) bond motifs is 3. The van der Waals surface area contributed by atoms with Gasteiger partial charge in [-0.25, -0.2) is 14.5 Å². The Morgan fingerprint density at radius 1 is 1.07 bits per heavy atom. The fourth-order valence-corrected chi connectivity index (χ4v) is 12.5. The quantitative estimate of drug-likeness (QED) is 0.199. The fourth-order valence-electron chi connectivity index (χ4n) is 12.5. The van der Waals surface area contributed by atoms with Crippen LogP contribution in [0.3, 0.4) is 0 Å². The molecule has 11 nitrogen and oxygen atoms in total. The monoisotopic (exact) mass is 747 g/mol. The van der Waals surface area contributed by atoms with Gasteiger partial charge in [0.05, 0.1) is 44.4 Å². The van der Waals surface area contributed by atoms with Crippen molar-refractivity contribution in [1.29, 1.82) is 0 Å². The van der Waals surface area contributed by atoms with Gasteiger partial charge in [0.2, 0.25) is 0 Å². The first kappa shape index (κ1) is 39.3. The van der Waals surface area contributed by atoms with Crippen LogP contribution in [0.1, 0.15) is 121 Å². The highest BCUT2D eigenvalue weighted by atomic mass is 16.7. The lowest BCUT2D eigenvalue weighted by Gasteiger charge is -2.71. The molecule has 3 heterocycles. The summed E-state index contributed by atoms with van der Waals surface area (Å²) < 4.78 is 22.2. The molecule has 298 valence electrons. The van der Waals surface area contributed by atoms with E-state index in [1.165, 1.54) is 5.57 Å². The molecule has 0 amide bonds. The Labute approximate surface area is 322 Å². The number of carbonyl (C=O) groups is 1. The van der Waals surface area contributed by atoms with Crippen molar-refractivity contribution in [3.63, 3.8) is 0 Å². The number of carboxylic acid groups (broad SMARTS) is 1. The van der Waals surface area contributed by atoms with Crippen molar-refractivity contribution in [2.45, 2.75) is 138 Å². The zero-order chi connectivity index (χ0) is 39.3. The summed E-state index contributed by atoms with van der Waals surface area (Å²) in [7, 11) is 0. The van der Waals surface area contributed by atoms with Crippen LogP contribution < -0.4 is 5.73 Å². The third kappa shape index (κ3) is 5.63. The van der Waals surface area contributed by atoms with Crippen molar-refractivity contribution < 1.29 is 24.1 Å². The first-order chi connectivity index (χ1) is 25.2. The third-order valence-corrected chi connectivity index (χ3v) is 16.9. The molecule has 12 atom stereocenters. The van der Waals surface area contributed by atoms with Gasteiger partial charge in [0.1, 0.15) is 12.4 Å². The molecule has 4 aliphatic carbocycles. The normalized spacial score (nSPS) is 40.8. The fraction of sp³-hybridized carbons (Fsp3) is 0.791. The van der Waals surface area contributed by atoms with E-state index >= 15 is 0 Å². The van der Waals surface area contributed by atoms with Crippen molar-refractivity contribution in [3.8, 4) is 11.4 Å². The Morgan fingerprint density at radius 3 is 2.46 bits per heavy atom. The summed E-state index contributed by atoms with van der Waals surface area (Å²) in [5.74, 6) is 2.04. The third-order valence-electron chi connectivity index (χ3n) is 16.9. The number of ether oxygens (including phenoxy) is 3. The van der Waals surface area contributed by atoms with Crippen LogP contribution in [0.15, 0.2) is 36.4 Å². The maximum absolute atomic E-state index is 12.5. The zero-order valence-corrected chi connectivity index (χ0v) is 34.7. The van der Waals surface area contributed by atoms with Gasteiger partial charge in [0, 0.05) is 32.8 Å². The van der Waals surface area contributed by atoms with Crippen LogP contribution in [-0.2, 0) is 14.2 Å². The second-order valence-electron chi connectivity index (χ2n) is 20.7. The molecule has 11 heteroatoms. The van der Waals surface area contributed by atoms with E-state index in [-0.39, 0.29) is 50.6 Å². The molecule has 0 unspecified atom stereocenters. The zero-order valence-electron chi connectivity index (χ0n) is 34.7. The standard InChI is InChI=1S/C43H66N6O5/c1-26(2)27(3)38(7)17-18-40(9)29-12-13-32-39(8)22-52-24-43(32,30(29)14-16-41(40,10)35(38)54-36(50)51)20-31(33(39)53-23-42(11,44)37(4,5)6)49-34(45-25-48-49)28-15-19-46-47-21-28/h14-15,19,21,25-27,29,31-33,35H,12-13,16-18,20,22-24,44H2,1-11H3,(H,50,51)/t27-,29+,31-,32+,33+,35-,38-,39-,40-,41-,42+,43+/m1/s1. The molecule has 5 aliphatic rings. The first-order valence-electron chi connectivity index (χ1n) is 20.4. The van der Waals surface area contributed by atoms with Gasteiger partial charge in [0.25, 0.3) is 0 Å². The molecule has 0 aromatic carbocycles. The number of allylic oxidation sites excluding steroid dienone is 1. The number of hydrogen-bond acceptors (Lipinski definition) is 9. The van der Waals surface area contributed by atoms with Crippen LogP contribution in [0.4, 0.5) is 4.79 Å². The number of aromatic nitrogens is 5. The van der Waals surface area contributed by atoms with Gasteiger partial charge >= 0.3 is 6.16 Å². The van der Waals surface area contributed by atoms with Crippen molar-refractivity contribution in [2.75, 3.05) is 19.8 Å². The van der Waals surface area contributed by atoms with Crippen molar-refractivity contribution in [2.24, 2.45) is 61.9 Å². The van der Waals surface area contributed by atoms with Crippen LogP contribution in [-0.4, -0.2) is 73.8 Å². The molecule has 0 radical (unpaired) electrons. The molecule has 3 N–H and O–H groups in total. The summed E-state index contributed by atoms with van der Waals surface area (Å²) in [6, 6.07) is 1.78. The molecule has 2 aromatic heterocycles. The van der Waals surface area contributed by atoms with Crippen LogP contribution in [0.5, 0.6) is 0 Å². The summed E-state index contributed by atoms with van der Waals surface area (Å²) in [5, 5.41) is 23.4. The summed E-state index contributed by atoms with van der Waals surface area (Å²) in [6.45, 7) is 26.5. The minimum Gasteiger partial charge on any atom is -0.450 e. The average molecular weight is 747 g/mol. The highest BCUT2D eigenvalue weighted by molar-refractivity contribution is 5.57. The van der Waals surface area contributed by atoms with E-state index in [9.17, 15) is 9.90 Å². The SMILES string of the molecule is CC(C)[C@@H](C)[C@@]1(C)CC[C@]2(C)[C@H]3CC[C@@H]4[C@@]5(COC[C@@]4(C)[C@@H](OC[C@](C)(N)C(C)(C)C)[C@H](n4ncnc4-c4ccnnc4)C5)C3=CC[C@]2(C)[C@@H]1OC(=O)O. The molecule has 4 fully saturated rings. The van der Waals surface area contributed by atoms with E-state index in [0.29, 0.717) is 37.6 Å². The molecule has 3 saturated carbocycles. The Balaban J connectivity index is 1.35. The number of nitrogens with two attached hydrogens (primary N) is 1. The topological polar surface area (TPSA) is 148 Å². The predicted molar refractivity (Wildman–Crippen MR) is 207 cm³/mol. The highest BCUT2D eigenvalue weighted by Gasteiger charge is 2.72. The van der Waals surface area contributed by atoms with Gasteiger partial charge in [-0.2, -0.15) is 15.3 Å². The molecular formula is C43H66N6O5. The van der Waals surface area contributed by atoms with Crippen LogP contribution >= 0.6 is 0 Å². The second-order valence-corrected chi connectivity index (χ2v) is 20.7. The van der Waals surface area contributed by atoms with Crippen LogP contribution in [0.25, 0.3) is 11.4 Å². The van der Waals surface area contributed by atoms with Crippen LogP contribution in [0.2, 0.25) is 0 Å². The van der Waals surface area contributed by atoms with Gasteiger partial charge in [-0.3, -0.25) is 0 Å². The largest absolute Gasteiger partial charge is 0.506 e. The van der Waals surface area contributed by atoms with E-state index in [0.717, 1.165) is 49.9 Å². The highest BCUT2D eigenvalue weighted by Crippen LogP contribution is 2.74. The van der Waals surface area contributed by atoms with E-state index < -0.39 is 17.8 Å². The predicted octanol–water partition coefficient (Wildman–Crippen LogP) is 8.38. The Bertz CT molecular complexity index is 1760. The summed E-state index contributed by atoms with van der Waals surface area (Å²) in [4.78, 5) is 17.3. The van der Waals surface area contributed by atoms with Crippen molar-refractivity contribution >= 4 is 6.16 Å². The Hall–Kier alpha value is -2.89. The summed E-state index contributed by atoms with van der Waals surface area (Å²) >= 11 is 0. The molecule has 7 rings (SSSR count). The Kier molecular flexibility index (Phi) is 9.53. The molecular weight excluding hydrogens is 681 g/mol. The lowest BCUT2D eigenvalue weighted by Crippen LogP contribution is -2.70. The molecule has 2 aromatic rings. The number of hydrogen-bond donors (Lipinski definition) is 2. The van der Waals surface area contributed by atoms with Gasteiger partial charge in [0.15, 0.2) is 5.82 Å². The Morgan fingerprint density at radius 2 is 1.81 bits per heavy atom. The van der Waals surface area contributed by atoms with Gasteiger partial charge in [-0.1, -0.05) is 80.9 Å². The van der Waals surface area contributed by atoms with Gasteiger partial charge < -0.3 is 25.1 Å². The summed E-state index contributed by atoms with van der Waals surface area (Å²) in [6.07, 6.45) is 11.4. The van der Waals surface area contributed by atoms with E-state index in [1.807, 2.05) is 6.07 Å². The van der Waals surface area contributed by atoms with Crippen LogP contribution in [0, 0.1) is 56.2 Å². The molecule has 1 saturated heterocycles. The van der Waals surface area contributed by atoms with Gasteiger partial charge in [-0.05, 0) is 86.0 Å². The maximum atomic E-state index is 12.5. The van der Waals surface area contributed by atoms with Crippen molar-refractivity contribution in [1.82, 2.24) is 25.0 Å². The summed E-state index contributed by atoms with van der Waals surface area (Å²) in [5.41, 5.74) is 7.21. The first-order valence-corrected chi connectivity index (χ1v) is 20.4. The lowest BCUT2D eigenvalue weighted by molar-refractivity contribution is -0.257. The van der Waals surface area contributed by atoms with Crippen molar-refractivity contribution in [3.05, 3.63) is 36.4 Å². The smallest absolute Gasteiger partial charge is 0.450 e. The maximum Gasteiger partial charge on any atom is 0.506 e. The number of rotatable bonds is 8. The molecule has 0 spiro atoms. The second kappa shape index (κ2) is 13.1. The van der Waals surface area contributed by atoms with Gasteiger partial charge in [-0.15, -0.1) is 0 Å². The van der Waals surface area contributed by atoms with E-state index in [2.05, 4.69) is 97.1 Å². The average Bonchev–Trinajstić information content (AvgIpc) is 3.59. The molecule has 1 aliphatic heterocycles.